The van der Waals surface area contributed by atoms with Crippen LogP contribution in [-0.2, 0) is 16.2 Å². The number of benzene rings is 10. The third-order valence-electron chi connectivity index (χ3n) is 16.5. The second kappa shape index (κ2) is 19.3. The van der Waals surface area contributed by atoms with E-state index in [1.165, 1.54) is 38.7 Å². The first kappa shape index (κ1) is 50.7. The fraction of sp³-hybridized carbons (Fsp3) is 0.189. The van der Waals surface area contributed by atoms with Crippen LogP contribution in [0.3, 0.4) is 0 Å². The Hall–Kier alpha value is -8.74. The molecule has 0 amide bonds. The standard InChI is InChI=1S/C74H68BN3O2/c1-48-40-66-69-67(41-48)78(64-38-34-56(74(8,9)10)45-61(64)51-20-14-11-15-21-51)70-63(37-39-68-71(70)80-47-79-68)75(69)62-36-35-59(76(57-22-16-12-17-23-57)58-24-18-13-19-25-58)46-65(62)77(66)60-43-52(49-26-30-54(31-27-49)72(2,3)4)42-53(44-60)50-28-32-55(33-29-50)73(5,6)7/h11-46H,47H2,1-10H3. The lowest BCUT2D eigenvalue weighted by molar-refractivity contribution is 0.174. The Morgan fingerprint density at radius 2 is 0.925 bits per heavy atom. The zero-order valence-electron chi connectivity index (χ0n) is 47.7. The van der Waals surface area contributed by atoms with Gasteiger partial charge in [-0.2, -0.15) is 0 Å². The number of hydrogen-bond acceptors (Lipinski definition) is 5. The Kier molecular flexibility index (Phi) is 12.2. The summed E-state index contributed by atoms with van der Waals surface area (Å²) < 4.78 is 13.0. The van der Waals surface area contributed by atoms with Crippen LogP contribution in [0.1, 0.15) is 84.6 Å². The summed E-state index contributed by atoms with van der Waals surface area (Å²) in [6.45, 7) is 22.8. The van der Waals surface area contributed by atoms with Gasteiger partial charge in [-0.05, 0) is 175 Å². The molecule has 0 radical (unpaired) electrons. The van der Waals surface area contributed by atoms with Gasteiger partial charge in [0.1, 0.15) is 0 Å². The van der Waals surface area contributed by atoms with Crippen LogP contribution in [0.25, 0.3) is 33.4 Å². The molecule has 394 valence electrons. The van der Waals surface area contributed by atoms with Gasteiger partial charge in [-0.1, -0.05) is 196 Å². The van der Waals surface area contributed by atoms with Crippen LogP contribution in [0, 0.1) is 6.92 Å². The largest absolute Gasteiger partial charge is 0.454 e. The molecule has 6 heteroatoms. The van der Waals surface area contributed by atoms with E-state index in [-0.39, 0.29) is 29.8 Å². The van der Waals surface area contributed by atoms with Crippen molar-refractivity contribution in [1.82, 2.24) is 0 Å². The van der Waals surface area contributed by atoms with Crippen molar-refractivity contribution in [2.24, 2.45) is 0 Å². The minimum Gasteiger partial charge on any atom is -0.454 e. The number of anilines is 9. The average molecular weight is 1040 g/mol. The predicted molar refractivity (Wildman–Crippen MR) is 338 cm³/mol. The van der Waals surface area contributed by atoms with Crippen molar-refractivity contribution in [3.8, 4) is 44.9 Å². The van der Waals surface area contributed by atoms with Crippen molar-refractivity contribution in [3.63, 3.8) is 0 Å². The Balaban J connectivity index is 1.12. The van der Waals surface area contributed by atoms with E-state index < -0.39 is 0 Å². The maximum Gasteiger partial charge on any atom is 0.252 e. The third kappa shape index (κ3) is 8.92. The number of aryl methyl sites for hydroxylation is 1. The number of para-hydroxylation sites is 2. The summed E-state index contributed by atoms with van der Waals surface area (Å²) in [7, 11) is 0. The normalized spacial score (nSPS) is 13.4. The van der Waals surface area contributed by atoms with E-state index in [9.17, 15) is 0 Å². The molecule has 0 aromatic heterocycles. The van der Waals surface area contributed by atoms with Crippen LogP contribution in [0.2, 0.25) is 0 Å². The summed E-state index contributed by atoms with van der Waals surface area (Å²) in [5.41, 5.74) is 25.3. The summed E-state index contributed by atoms with van der Waals surface area (Å²) in [5.74, 6) is 1.52. The Labute approximate surface area is 473 Å². The fourth-order valence-electron chi connectivity index (χ4n) is 12.3. The fourth-order valence-corrected chi connectivity index (χ4v) is 12.3. The molecule has 3 aliphatic heterocycles. The second-order valence-electron chi connectivity index (χ2n) is 25.1. The molecule has 0 saturated carbocycles. The molecule has 0 bridgehead atoms. The van der Waals surface area contributed by atoms with Crippen molar-refractivity contribution in [1.29, 1.82) is 0 Å². The van der Waals surface area contributed by atoms with Gasteiger partial charge < -0.3 is 24.2 Å². The molecule has 80 heavy (non-hydrogen) atoms. The molecule has 0 fully saturated rings. The van der Waals surface area contributed by atoms with E-state index in [0.29, 0.717) is 0 Å². The van der Waals surface area contributed by atoms with Gasteiger partial charge in [-0.15, -0.1) is 0 Å². The van der Waals surface area contributed by atoms with Crippen molar-refractivity contribution in [2.45, 2.75) is 85.5 Å². The lowest BCUT2D eigenvalue weighted by atomic mass is 9.33. The molecule has 3 heterocycles. The SMILES string of the molecule is Cc1cc2c3c(c1)N(c1ccc(C(C)(C)C)cc1-c1ccccc1)c1c(ccc4c1OCO4)B3c1ccc(N(c3ccccc3)c3ccccc3)cc1N2c1cc(-c2ccc(C(C)(C)C)cc2)cc(-c2ccc(C(C)(C)C)cc2)c1. The number of ether oxygens (including phenoxy) is 2. The van der Waals surface area contributed by atoms with Gasteiger partial charge in [0.2, 0.25) is 6.79 Å². The maximum atomic E-state index is 6.67. The van der Waals surface area contributed by atoms with E-state index in [1.807, 2.05) is 0 Å². The van der Waals surface area contributed by atoms with Crippen molar-refractivity contribution >= 4 is 74.3 Å². The van der Waals surface area contributed by atoms with Crippen molar-refractivity contribution in [3.05, 3.63) is 241 Å². The van der Waals surface area contributed by atoms with Crippen LogP contribution in [0.4, 0.5) is 51.2 Å². The maximum absolute atomic E-state index is 6.67. The number of fused-ring (bicyclic) bond motifs is 6. The summed E-state index contributed by atoms with van der Waals surface area (Å²) in [4.78, 5) is 7.46. The first-order chi connectivity index (χ1) is 38.5. The molecule has 0 saturated heterocycles. The summed E-state index contributed by atoms with van der Waals surface area (Å²) in [6, 6.07) is 81.5. The molecule has 0 atom stereocenters. The van der Waals surface area contributed by atoms with E-state index in [4.69, 9.17) is 9.47 Å². The van der Waals surface area contributed by atoms with E-state index in [1.54, 1.807) is 0 Å². The van der Waals surface area contributed by atoms with E-state index in [2.05, 4.69) is 302 Å². The van der Waals surface area contributed by atoms with Gasteiger partial charge in [0.05, 0.1) is 11.4 Å². The number of nitrogens with zero attached hydrogens (tertiary/aromatic N) is 3. The predicted octanol–water partition coefficient (Wildman–Crippen LogP) is 18.2. The average Bonchev–Trinajstić information content (AvgIpc) is 4.05. The minimum atomic E-state index is -0.171. The van der Waals surface area contributed by atoms with Crippen LogP contribution in [-0.4, -0.2) is 13.5 Å². The summed E-state index contributed by atoms with van der Waals surface area (Å²) in [5, 5.41) is 0. The monoisotopic (exact) mass is 1040 g/mol. The van der Waals surface area contributed by atoms with E-state index >= 15 is 0 Å². The highest BCUT2D eigenvalue weighted by Gasteiger charge is 2.46. The lowest BCUT2D eigenvalue weighted by Gasteiger charge is -2.45. The topological polar surface area (TPSA) is 28.2 Å². The van der Waals surface area contributed by atoms with Gasteiger partial charge in [0.25, 0.3) is 6.71 Å². The van der Waals surface area contributed by atoms with Gasteiger partial charge in [-0.25, -0.2) is 0 Å². The lowest BCUT2D eigenvalue weighted by Crippen LogP contribution is -2.61. The zero-order chi connectivity index (χ0) is 55.2. The Bertz CT molecular complexity index is 3870. The molecule has 3 aliphatic rings. The molecule has 10 aromatic carbocycles. The molecule has 0 unspecified atom stereocenters. The van der Waals surface area contributed by atoms with Gasteiger partial charge in [-0.3, -0.25) is 0 Å². The van der Waals surface area contributed by atoms with Gasteiger partial charge >= 0.3 is 0 Å². The Morgan fingerprint density at radius 1 is 0.400 bits per heavy atom. The van der Waals surface area contributed by atoms with Gasteiger partial charge in [0, 0.05) is 45.4 Å². The van der Waals surface area contributed by atoms with Crippen LogP contribution < -0.4 is 40.6 Å². The number of rotatable bonds is 8. The molecule has 0 N–H and O–H groups in total. The highest BCUT2D eigenvalue weighted by atomic mass is 16.7. The zero-order valence-corrected chi connectivity index (χ0v) is 47.7. The van der Waals surface area contributed by atoms with Crippen LogP contribution in [0.5, 0.6) is 11.5 Å². The van der Waals surface area contributed by atoms with Crippen molar-refractivity contribution < 1.29 is 9.47 Å². The summed E-state index contributed by atoms with van der Waals surface area (Å²) in [6.07, 6.45) is 0. The molecule has 0 spiro atoms. The van der Waals surface area contributed by atoms with Crippen LogP contribution >= 0.6 is 0 Å². The first-order valence-corrected chi connectivity index (χ1v) is 28.3. The molecular formula is C74H68BN3O2. The van der Waals surface area contributed by atoms with Gasteiger partial charge in [0.15, 0.2) is 11.5 Å². The molecule has 5 nitrogen and oxygen atoms in total. The summed E-state index contributed by atoms with van der Waals surface area (Å²) >= 11 is 0. The first-order valence-electron chi connectivity index (χ1n) is 28.3. The quantitative estimate of drug-likeness (QED) is 0.141. The van der Waals surface area contributed by atoms with Crippen LogP contribution in [0.15, 0.2) is 218 Å². The third-order valence-corrected chi connectivity index (χ3v) is 16.5. The highest BCUT2D eigenvalue weighted by Crippen LogP contribution is 2.54. The molecular weight excluding hydrogens is 974 g/mol. The minimum absolute atomic E-state index is 0.0198. The molecule has 0 aliphatic carbocycles. The Morgan fingerprint density at radius 3 is 1.49 bits per heavy atom. The van der Waals surface area contributed by atoms with E-state index in [0.717, 1.165) is 96.0 Å². The molecule has 10 aromatic rings. The highest BCUT2D eigenvalue weighted by molar-refractivity contribution is 7.00. The smallest absolute Gasteiger partial charge is 0.252 e. The van der Waals surface area contributed by atoms with Crippen molar-refractivity contribution in [2.75, 3.05) is 21.5 Å². The second-order valence-corrected chi connectivity index (χ2v) is 25.1. The molecule has 13 rings (SSSR count). The number of hydrogen-bond donors (Lipinski definition) is 0.